The number of benzene rings is 2. The summed E-state index contributed by atoms with van der Waals surface area (Å²) in [6, 6.07) is 16.0. The summed E-state index contributed by atoms with van der Waals surface area (Å²) in [5.41, 5.74) is 0. The van der Waals surface area contributed by atoms with Gasteiger partial charge in [-0.2, -0.15) is 8.42 Å². The maximum absolute atomic E-state index is 11.9. The fraction of sp³-hybridized carbons (Fsp3) is 0.500. The first kappa shape index (κ1) is 27.4. The highest BCUT2D eigenvalue weighted by atomic mass is 127. The van der Waals surface area contributed by atoms with Crippen molar-refractivity contribution in [3.05, 3.63) is 63.2 Å². The van der Waals surface area contributed by atoms with Gasteiger partial charge in [-0.25, -0.2) is 0 Å². The highest BCUT2D eigenvalue weighted by Gasteiger charge is 2.13. The molecule has 168 valence electrons. The molecule has 0 spiro atoms. The first-order valence-electron chi connectivity index (χ1n) is 10.8. The van der Waals surface area contributed by atoms with Gasteiger partial charge in [0.2, 0.25) is 0 Å². The molecule has 30 heavy (non-hydrogen) atoms. The topological polar surface area (TPSA) is 43.4 Å². The predicted molar refractivity (Wildman–Crippen MR) is 136 cm³/mol. The minimum Gasteiger partial charge on any atom is -0.266 e. The molecule has 0 N–H and O–H groups in total. The molecule has 0 heterocycles. The summed E-state index contributed by atoms with van der Waals surface area (Å²) in [6.07, 6.45) is 12.3. The van der Waals surface area contributed by atoms with Gasteiger partial charge in [0.05, 0.1) is 11.5 Å². The molecule has 0 aromatic heterocycles. The van der Waals surface area contributed by atoms with Crippen LogP contribution in [-0.2, 0) is 14.3 Å². The fourth-order valence-corrected chi connectivity index (χ4v) is 4.29. The van der Waals surface area contributed by atoms with E-state index in [0.717, 1.165) is 17.9 Å². The monoisotopic (exact) mass is 564 g/mol. The summed E-state index contributed by atoms with van der Waals surface area (Å²) in [7, 11) is -3.57. The van der Waals surface area contributed by atoms with Gasteiger partial charge in [-0.1, -0.05) is 94.5 Å². The molecule has 0 saturated carbocycles. The summed E-state index contributed by atoms with van der Waals surface area (Å²) in [5.74, 6) is 0. The van der Waals surface area contributed by atoms with E-state index in [2.05, 4.69) is 29.5 Å². The molecule has 6 heteroatoms. The van der Waals surface area contributed by atoms with Crippen LogP contribution in [0.2, 0.25) is 5.02 Å². The summed E-state index contributed by atoms with van der Waals surface area (Å²) in [4.78, 5) is 0.238. The lowest BCUT2D eigenvalue weighted by Crippen LogP contribution is -2.07. The zero-order valence-corrected chi connectivity index (χ0v) is 21.6. The molecular weight excluding hydrogens is 531 g/mol. The third kappa shape index (κ3) is 13.6. The lowest BCUT2D eigenvalue weighted by molar-refractivity contribution is 0.306. The van der Waals surface area contributed by atoms with Crippen LogP contribution in [-0.4, -0.2) is 15.0 Å². The molecule has 0 unspecified atom stereocenters. The van der Waals surface area contributed by atoms with Gasteiger partial charge in [0.15, 0.2) is 0 Å². The molecule has 3 nitrogen and oxygen atoms in total. The van der Waals surface area contributed by atoms with Crippen LogP contribution >= 0.6 is 34.2 Å². The van der Waals surface area contributed by atoms with Crippen molar-refractivity contribution in [2.75, 3.05) is 6.61 Å². The molecule has 0 aliphatic rings. The second-order valence-electron chi connectivity index (χ2n) is 7.21. The van der Waals surface area contributed by atoms with Gasteiger partial charge in [0.25, 0.3) is 10.1 Å². The summed E-state index contributed by atoms with van der Waals surface area (Å²) in [5, 5.41) is 0.797. The highest BCUT2D eigenvalue weighted by Crippen LogP contribution is 2.14. The molecule has 0 saturated heterocycles. The number of hydrogen-bond acceptors (Lipinski definition) is 3. The van der Waals surface area contributed by atoms with E-state index in [1.54, 1.807) is 30.3 Å². The van der Waals surface area contributed by atoms with Crippen molar-refractivity contribution in [1.29, 1.82) is 0 Å². The Labute approximate surface area is 201 Å². The Morgan fingerprint density at radius 3 is 1.77 bits per heavy atom. The Balaban J connectivity index is 0.000000467. The first-order valence-corrected chi connectivity index (χ1v) is 13.7. The standard InChI is InChI=1S/C18H30O3S.C6H4ClI/c1-2-3-4-5-6-7-8-9-10-14-17-21-22(19,20)18-15-12-11-13-16-18;7-5-1-3-6(8)4-2-5/h11-13,15-16H,2-10,14,17H2,1H3;1-4H. The quantitative estimate of drug-likeness (QED) is 0.140. The van der Waals surface area contributed by atoms with Crippen LogP contribution < -0.4 is 0 Å². The van der Waals surface area contributed by atoms with E-state index in [1.165, 1.54) is 54.9 Å². The second-order valence-corrected chi connectivity index (χ2v) is 10.5. The van der Waals surface area contributed by atoms with Gasteiger partial charge in [0.1, 0.15) is 0 Å². The Kier molecular flexibility index (Phi) is 15.5. The third-order valence-corrected chi connectivity index (χ3v) is 6.87. The Hall–Kier alpha value is -0.630. The van der Waals surface area contributed by atoms with Crippen molar-refractivity contribution in [2.24, 2.45) is 0 Å². The van der Waals surface area contributed by atoms with Crippen molar-refractivity contribution in [1.82, 2.24) is 0 Å². The van der Waals surface area contributed by atoms with Crippen LogP contribution in [0.1, 0.15) is 71.1 Å². The summed E-state index contributed by atoms with van der Waals surface area (Å²) in [6.45, 7) is 2.52. The van der Waals surface area contributed by atoms with E-state index >= 15 is 0 Å². The van der Waals surface area contributed by atoms with Gasteiger partial charge >= 0.3 is 0 Å². The van der Waals surface area contributed by atoms with Crippen molar-refractivity contribution < 1.29 is 12.6 Å². The van der Waals surface area contributed by atoms with Crippen LogP contribution in [0.25, 0.3) is 0 Å². The minimum absolute atomic E-state index is 0.238. The molecule has 0 bridgehead atoms. The Morgan fingerprint density at radius 1 is 0.767 bits per heavy atom. The lowest BCUT2D eigenvalue weighted by Gasteiger charge is -2.05. The van der Waals surface area contributed by atoms with Crippen molar-refractivity contribution in [2.45, 2.75) is 76.0 Å². The maximum Gasteiger partial charge on any atom is 0.296 e. The number of halogens is 2. The Bertz CT molecular complexity index is 744. The van der Waals surface area contributed by atoms with Crippen LogP contribution in [0.5, 0.6) is 0 Å². The molecule has 2 aromatic rings. The molecular formula is C24H34ClIO3S. The zero-order valence-electron chi connectivity index (χ0n) is 17.9. The summed E-state index contributed by atoms with van der Waals surface area (Å²) >= 11 is 7.85. The predicted octanol–water partition coefficient (Wildman–Crippen LogP) is 8.26. The van der Waals surface area contributed by atoms with E-state index in [4.69, 9.17) is 15.8 Å². The average molecular weight is 565 g/mol. The normalized spacial score (nSPS) is 11.0. The molecule has 0 atom stereocenters. The number of rotatable bonds is 13. The molecule has 2 rings (SSSR count). The molecule has 2 aromatic carbocycles. The molecule has 0 aliphatic heterocycles. The lowest BCUT2D eigenvalue weighted by atomic mass is 10.1. The number of unbranched alkanes of at least 4 members (excludes halogenated alkanes) is 9. The van der Waals surface area contributed by atoms with E-state index in [1.807, 2.05) is 24.3 Å². The van der Waals surface area contributed by atoms with Gasteiger partial charge in [0, 0.05) is 8.59 Å². The molecule has 0 amide bonds. The number of hydrogen-bond donors (Lipinski definition) is 0. The highest BCUT2D eigenvalue weighted by molar-refractivity contribution is 14.1. The average Bonchev–Trinajstić information content (AvgIpc) is 2.75. The van der Waals surface area contributed by atoms with Crippen LogP contribution in [0.3, 0.4) is 0 Å². The summed E-state index contributed by atoms with van der Waals surface area (Å²) < 4.78 is 30.0. The van der Waals surface area contributed by atoms with Crippen molar-refractivity contribution in [3.8, 4) is 0 Å². The maximum atomic E-state index is 11.9. The van der Waals surface area contributed by atoms with Crippen LogP contribution in [0.4, 0.5) is 0 Å². The van der Waals surface area contributed by atoms with Crippen LogP contribution in [0, 0.1) is 3.57 Å². The molecule has 0 aliphatic carbocycles. The SMILES string of the molecule is CCCCCCCCCCCCOS(=O)(=O)c1ccccc1.Clc1ccc(I)cc1. The fourth-order valence-electron chi connectivity index (χ4n) is 2.84. The van der Waals surface area contributed by atoms with Gasteiger partial charge in [-0.15, -0.1) is 0 Å². The van der Waals surface area contributed by atoms with Crippen molar-refractivity contribution in [3.63, 3.8) is 0 Å². The Morgan fingerprint density at radius 2 is 1.27 bits per heavy atom. The van der Waals surface area contributed by atoms with E-state index in [-0.39, 0.29) is 11.5 Å². The molecule has 0 fully saturated rings. The van der Waals surface area contributed by atoms with Gasteiger partial charge in [-0.3, -0.25) is 4.18 Å². The molecule has 0 radical (unpaired) electrons. The van der Waals surface area contributed by atoms with E-state index < -0.39 is 10.1 Å². The van der Waals surface area contributed by atoms with Crippen LogP contribution in [0.15, 0.2) is 59.5 Å². The third-order valence-electron chi connectivity index (χ3n) is 4.57. The van der Waals surface area contributed by atoms with Gasteiger partial charge < -0.3 is 0 Å². The smallest absolute Gasteiger partial charge is 0.266 e. The minimum atomic E-state index is -3.57. The van der Waals surface area contributed by atoms with E-state index in [0.29, 0.717) is 0 Å². The first-order chi connectivity index (χ1) is 14.5. The van der Waals surface area contributed by atoms with Crippen molar-refractivity contribution >= 4 is 44.3 Å². The zero-order chi connectivity index (χ0) is 22.1. The van der Waals surface area contributed by atoms with E-state index in [9.17, 15) is 8.42 Å². The van der Waals surface area contributed by atoms with Gasteiger partial charge in [-0.05, 0) is 65.4 Å². The largest absolute Gasteiger partial charge is 0.296 e. The second kappa shape index (κ2) is 17.0.